The van der Waals surface area contributed by atoms with Gasteiger partial charge in [0.1, 0.15) is 12.4 Å². The van der Waals surface area contributed by atoms with Gasteiger partial charge >= 0.3 is 0 Å². The Labute approximate surface area is 105 Å². The first-order chi connectivity index (χ1) is 8.09. The van der Waals surface area contributed by atoms with E-state index < -0.39 is 0 Å². The second kappa shape index (κ2) is 7.13. The number of benzene rings is 1. The van der Waals surface area contributed by atoms with Gasteiger partial charge in [0.25, 0.3) is 0 Å². The lowest BCUT2D eigenvalue weighted by molar-refractivity contribution is 0.356. The maximum atomic E-state index is 5.76. The topological polar surface area (TPSA) is 21.3 Å². The van der Waals surface area contributed by atoms with E-state index in [2.05, 4.69) is 45.2 Å². The highest BCUT2D eigenvalue weighted by atomic mass is 16.5. The fraction of sp³-hybridized carbons (Fsp3) is 0.467. The summed E-state index contributed by atoms with van der Waals surface area (Å²) in [6.45, 7) is 9.94. The molecule has 0 amide bonds. The normalized spacial score (nSPS) is 10.4. The van der Waals surface area contributed by atoms with Crippen LogP contribution >= 0.6 is 0 Å². The van der Waals surface area contributed by atoms with Gasteiger partial charge < -0.3 is 10.1 Å². The molecule has 0 unspecified atom stereocenters. The zero-order chi connectivity index (χ0) is 12.7. The van der Waals surface area contributed by atoms with Crippen molar-refractivity contribution in [1.29, 1.82) is 0 Å². The van der Waals surface area contributed by atoms with Gasteiger partial charge in [0.2, 0.25) is 0 Å². The zero-order valence-electron chi connectivity index (χ0n) is 11.3. The van der Waals surface area contributed by atoms with E-state index in [0.717, 1.165) is 12.3 Å². The van der Waals surface area contributed by atoms with Gasteiger partial charge in [-0.3, -0.25) is 0 Å². The Morgan fingerprint density at radius 3 is 2.65 bits per heavy atom. The molecule has 0 bridgehead atoms. The predicted molar refractivity (Wildman–Crippen MR) is 73.3 cm³/mol. The van der Waals surface area contributed by atoms with Crippen molar-refractivity contribution in [2.75, 3.05) is 6.61 Å². The summed E-state index contributed by atoms with van der Waals surface area (Å²) in [5, 5.41) is 3.41. The molecule has 0 saturated carbocycles. The van der Waals surface area contributed by atoms with E-state index in [-0.39, 0.29) is 0 Å². The number of para-hydroxylation sites is 1. The van der Waals surface area contributed by atoms with Crippen LogP contribution in [0.1, 0.15) is 33.3 Å². The summed E-state index contributed by atoms with van der Waals surface area (Å²) >= 11 is 0. The molecule has 1 N–H and O–H groups in total. The Morgan fingerprint density at radius 1 is 1.29 bits per heavy atom. The molecular formula is C15H23NO. The fourth-order valence-electron chi connectivity index (χ4n) is 1.40. The van der Waals surface area contributed by atoms with Gasteiger partial charge in [0.15, 0.2) is 0 Å². The summed E-state index contributed by atoms with van der Waals surface area (Å²) in [5.74, 6) is 0.971. The van der Waals surface area contributed by atoms with Crippen molar-refractivity contribution in [1.82, 2.24) is 5.32 Å². The molecule has 0 aliphatic heterocycles. The first kappa shape index (κ1) is 13.8. The Morgan fingerprint density at radius 2 is 2.00 bits per heavy atom. The smallest absolute Gasteiger partial charge is 0.124 e. The number of ether oxygens (including phenoxy) is 1. The van der Waals surface area contributed by atoms with Gasteiger partial charge in [-0.25, -0.2) is 0 Å². The van der Waals surface area contributed by atoms with E-state index in [1.165, 1.54) is 11.1 Å². The van der Waals surface area contributed by atoms with E-state index in [0.29, 0.717) is 12.6 Å². The van der Waals surface area contributed by atoms with Gasteiger partial charge in [-0.15, -0.1) is 0 Å². The Bertz CT molecular complexity index is 365. The van der Waals surface area contributed by atoms with Crippen molar-refractivity contribution in [2.45, 2.75) is 40.3 Å². The molecule has 0 aliphatic rings. The highest BCUT2D eigenvalue weighted by Crippen LogP contribution is 2.17. The summed E-state index contributed by atoms with van der Waals surface area (Å²) in [6.07, 6.45) is 2.09. The molecule has 0 saturated heterocycles. The molecule has 0 heterocycles. The highest BCUT2D eigenvalue weighted by molar-refractivity contribution is 5.33. The number of hydrogen-bond donors (Lipinski definition) is 1. The van der Waals surface area contributed by atoms with Crippen molar-refractivity contribution < 1.29 is 4.74 Å². The lowest BCUT2D eigenvalue weighted by Crippen LogP contribution is -2.22. The van der Waals surface area contributed by atoms with Gasteiger partial charge in [-0.2, -0.15) is 0 Å². The molecule has 0 aromatic heterocycles. The molecule has 0 fully saturated rings. The van der Waals surface area contributed by atoms with E-state index in [4.69, 9.17) is 4.74 Å². The third-order valence-corrected chi connectivity index (χ3v) is 2.40. The monoisotopic (exact) mass is 233 g/mol. The lowest BCUT2D eigenvalue weighted by Gasteiger charge is -2.12. The minimum Gasteiger partial charge on any atom is -0.489 e. The first-order valence-corrected chi connectivity index (χ1v) is 6.17. The van der Waals surface area contributed by atoms with E-state index in [1.54, 1.807) is 0 Å². The quantitative estimate of drug-likeness (QED) is 0.759. The summed E-state index contributed by atoms with van der Waals surface area (Å²) < 4.78 is 5.76. The van der Waals surface area contributed by atoms with Crippen LogP contribution in [-0.2, 0) is 6.54 Å². The molecule has 2 heteroatoms. The summed E-state index contributed by atoms with van der Waals surface area (Å²) in [7, 11) is 0. The minimum atomic E-state index is 0.487. The van der Waals surface area contributed by atoms with Crippen LogP contribution in [0.4, 0.5) is 0 Å². The maximum absolute atomic E-state index is 5.76. The van der Waals surface area contributed by atoms with Crippen LogP contribution in [0, 0.1) is 0 Å². The van der Waals surface area contributed by atoms with Crippen LogP contribution in [0.25, 0.3) is 0 Å². The van der Waals surface area contributed by atoms with Crippen molar-refractivity contribution >= 4 is 0 Å². The number of hydrogen-bond acceptors (Lipinski definition) is 2. The van der Waals surface area contributed by atoms with Crippen molar-refractivity contribution in [3.05, 3.63) is 41.5 Å². The third kappa shape index (κ3) is 5.55. The molecule has 94 valence electrons. The van der Waals surface area contributed by atoms with Crippen LogP contribution in [0.3, 0.4) is 0 Å². The van der Waals surface area contributed by atoms with Crippen molar-refractivity contribution in [3.8, 4) is 5.75 Å². The van der Waals surface area contributed by atoms with Crippen molar-refractivity contribution in [2.24, 2.45) is 0 Å². The van der Waals surface area contributed by atoms with E-state index in [1.807, 2.05) is 18.2 Å². The Balaban J connectivity index is 2.60. The summed E-state index contributed by atoms with van der Waals surface area (Å²) in [6, 6.07) is 8.67. The average molecular weight is 233 g/mol. The van der Waals surface area contributed by atoms with E-state index in [9.17, 15) is 0 Å². The molecule has 0 aliphatic carbocycles. The average Bonchev–Trinajstić information content (AvgIpc) is 2.27. The molecule has 1 rings (SSSR count). The van der Waals surface area contributed by atoms with Crippen LogP contribution in [-0.4, -0.2) is 12.6 Å². The van der Waals surface area contributed by atoms with Gasteiger partial charge in [-0.1, -0.05) is 37.6 Å². The zero-order valence-corrected chi connectivity index (χ0v) is 11.3. The molecule has 0 spiro atoms. The summed E-state index contributed by atoms with van der Waals surface area (Å²) in [5.41, 5.74) is 2.49. The second-order valence-corrected chi connectivity index (χ2v) is 4.74. The number of nitrogens with one attached hydrogen (secondary N) is 1. The molecular weight excluding hydrogens is 210 g/mol. The van der Waals surface area contributed by atoms with E-state index >= 15 is 0 Å². The Hall–Kier alpha value is -1.28. The van der Waals surface area contributed by atoms with Gasteiger partial charge in [0.05, 0.1) is 0 Å². The van der Waals surface area contributed by atoms with Crippen LogP contribution < -0.4 is 10.1 Å². The maximum Gasteiger partial charge on any atom is 0.124 e. The lowest BCUT2D eigenvalue weighted by atomic mass is 10.2. The Kier molecular flexibility index (Phi) is 5.78. The third-order valence-electron chi connectivity index (χ3n) is 2.40. The molecule has 17 heavy (non-hydrogen) atoms. The second-order valence-electron chi connectivity index (χ2n) is 4.74. The van der Waals surface area contributed by atoms with Crippen molar-refractivity contribution in [3.63, 3.8) is 0 Å². The summed E-state index contributed by atoms with van der Waals surface area (Å²) in [4.78, 5) is 0. The first-order valence-electron chi connectivity index (χ1n) is 6.17. The number of rotatable bonds is 6. The van der Waals surface area contributed by atoms with Gasteiger partial charge in [-0.05, 0) is 26.0 Å². The largest absolute Gasteiger partial charge is 0.489 e. The molecule has 0 atom stereocenters. The molecule has 1 aromatic rings. The highest BCUT2D eigenvalue weighted by Gasteiger charge is 2.02. The molecule has 1 aromatic carbocycles. The van der Waals surface area contributed by atoms with Crippen LogP contribution in [0.2, 0.25) is 0 Å². The molecule has 2 nitrogen and oxygen atoms in total. The number of allylic oxidation sites excluding steroid dienone is 1. The SMILES string of the molecule is CC(C)=CCOc1ccccc1CNC(C)C. The van der Waals surface area contributed by atoms with Crippen LogP contribution in [0.5, 0.6) is 5.75 Å². The van der Waals surface area contributed by atoms with Crippen LogP contribution in [0.15, 0.2) is 35.9 Å². The molecule has 0 radical (unpaired) electrons. The standard InChI is InChI=1S/C15H23NO/c1-12(2)9-10-17-15-8-6-5-7-14(15)11-16-13(3)4/h5-9,13,16H,10-11H2,1-4H3. The predicted octanol–water partition coefficient (Wildman–Crippen LogP) is 3.53. The minimum absolute atomic E-state index is 0.487. The van der Waals surface area contributed by atoms with Gasteiger partial charge in [0, 0.05) is 18.2 Å². The fourth-order valence-corrected chi connectivity index (χ4v) is 1.40.